The fourth-order valence-electron chi connectivity index (χ4n) is 3.91. The van der Waals surface area contributed by atoms with Crippen LogP contribution in [0.2, 0.25) is 0 Å². The van der Waals surface area contributed by atoms with E-state index in [4.69, 9.17) is 24.0 Å². The third-order valence-electron chi connectivity index (χ3n) is 5.98. The lowest BCUT2D eigenvalue weighted by Crippen LogP contribution is -2.36. The topological polar surface area (TPSA) is 24.8 Å². The summed E-state index contributed by atoms with van der Waals surface area (Å²) in [6, 6.07) is 6.19. The van der Waals surface area contributed by atoms with Crippen LogP contribution in [0.4, 0.5) is 13.2 Å². The van der Waals surface area contributed by atoms with E-state index in [-0.39, 0.29) is 11.6 Å². The van der Waals surface area contributed by atoms with Crippen molar-refractivity contribution in [1.82, 2.24) is 4.90 Å². The van der Waals surface area contributed by atoms with Gasteiger partial charge >= 0.3 is 6.18 Å². The molecule has 6 heteroatoms. The second kappa shape index (κ2) is 11.2. The Kier molecular flexibility index (Phi) is 4.23. The minimum absolute atomic E-state index is 0.0815. The van der Waals surface area contributed by atoms with Crippen molar-refractivity contribution in [3.8, 4) is 0 Å². The van der Waals surface area contributed by atoms with E-state index in [1.807, 2.05) is 6.92 Å². The Labute approximate surface area is 227 Å². The second-order valence-electron chi connectivity index (χ2n) is 8.50. The highest BCUT2D eigenvalue weighted by Gasteiger charge is 2.36. The highest BCUT2D eigenvalue weighted by molar-refractivity contribution is 5.98. The van der Waals surface area contributed by atoms with Crippen molar-refractivity contribution < 1.29 is 37.2 Å². The maximum absolute atomic E-state index is 14.6. The van der Waals surface area contributed by atoms with E-state index in [1.165, 1.54) is 6.07 Å². The normalized spacial score (nSPS) is 36.1. The van der Waals surface area contributed by atoms with Crippen LogP contribution >= 0.6 is 0 Å². The number of aryl methyl sites for hydroxylation is 1. The molecule has 1 saturated heterocycles. The maximum Gasteiger partial charge on any atom is 0.416 e. The number of oxime groups is 1. The summed E-state index contributed by atoms with van der Waals surface area (Å²) in [5.41, 5.74) is -2.68. The van der Waals surface area contributed by atoms with Gasteiger partial charge in [0.15, 0.2) is 0 Å². The number of hydrogen-bond donors (Lipinski definition) is 0. The van der Waals surface area contributed by atoms with Crippen LogP contribution in [0.1, 0.15) is 111 Å². The summed E-state index contributed by atoms with van der Waals surface area (Å²) >= 11 is 0. The van der Waals surface area contributed by atoms with E-state index >= 15 is 0 Å². The van der Waals surface area contributed by atoms with Crippen molar-refractivity contribution in [3.05, 3.63) is 69.8 Å². The van der Waals surface area contributed by atoms with Crippen LogP contribution in [-0.4, -0.2) is 23.7 Å². The van der Waals surface area contributed by atoms with Crippen LogP contribution in [0.25, 0.3) is 0 Å². The van der Waals surface area contributed by atoms with Gasteiger partial charge in [-0.15, -0.1) is 0 Å². The predicted octanol–water partition coefficient (Wildman–Crippen LogP) is 7.71. The van der Waals surface area contributed by atoms with Gasteiger partial charge in [-0.05, 0) is 97.3 Å². The van der Waals surface area contributed by atoms with Gasteiger partial charge in [-0.2, -0.15) is 13.2 Å². The van der Waals surface area contributed by atoms with Crippen molar-refractivity contribution in [1.29, 1.82) is 0 Å². The van der Waals surface area contributed by atoms with Crippen molar-refractivity contribution >= 4 is 5.71 Å². The summed E-state index contributed by atoms with van der Waals surface area (Å²) in [5.74, 6) is -5.84. The standard InChI is InChI=1S/C29H37F3N2O/c1-4-23-17-25(11-12-26(23)18-34-14-5-15-34)21(3)33-35-19-22-8-13-27(28(16-22)29(30,31)32)24-9-6-20(2)7-10-24/h8,11-13,16-17,20,24H,4-7,9-10,14-15,18-19H2,1-3H3/b33-21+/i3D3,6D2,7D2,9D2,10D2,19D2,20D. The second-order valence-corrected chi connectivity index (χ2v) is 8.50. The minimum Gasteiger partial charge on any atom is -0.391 e. The number of alkyl halides is 3. The molecule has 0 radical (unpaired) electrons. The summed E-state index contributed by atoms with van der Waals surface area (Å²) in [5, 5.41) is 3.56. The third-order valence-corrected chi connectivity index (χ3v) is 5.98. The summed E-state index contributed by atoms with van der Waals surface area (Å²) in [7, 11) is 0. The first-order chi connectivity index (χ1) is 22.1. The first kappa shape index (κ1) is 13.3. The SMILES string of the molecule is [2H]C([2H])([2H])/C(=N\OC([2H])([2H])c1ccc(C2C([2H])([2H])C([2H])([2H])C([2H])(C)C([2H])([2H])C2([2H])[2H])c(C(F)(F)F)c1)c1ccc(CN2CCC2)c(CC)c1. The van der Waals surface area contributed by atoms with Crippen LogP contribution in [-0.2, 0) is 30.5 Å². The molecule has 3 nitrogen and oxygen atoms in total. The molecule has 0 unspecified atom stereocenters. The fourth-order valence-corrected chi connectivity index (χ4v) is 3.91. The van der Waals surface area contributed by atoms with Crippen LogP contribution in [0, 0.1) is 5.89 Å². The lowest BCUT2D eigenvalue weighted by Gasteiger charge is -2.31. The highest BCUT2D eigenvalue weighted by Crippen LogP contribution is 2.42. The molecule has 2 fully saturated rings. The molecule has 2 aromatic rings. The Morgan fingerprint density at radius 2 is 1.94 bits per heavy atom. The largest absolute Gasteiger partial charge is 0.416 e. The Bertz CT molecular complexity index is 1570. The molecule has 2 aromatic carbocycles. The third kappa shape index (κ3) is 6.46. The molecule has 0 spiro atoms. The smallest absolute Gasteiger partial charge is 0.391 e. The number of hydrogen-bond acceptors (Lipinski definition) is 3. The number of likely N-dealkylation sites (tertiary alicyclic amines) is 1. The molecule has 0 aromatic heterocycles. The Morgan fingerprint density at radius 3 is 2.57 bits per heavy atom. The number of halogens is 3. The molecule has 35 heavy (non-hydrogen) atoms. The van der Waals surface area contributed by atoms with E-state index in [0.29, 0.717) is 32.0 Å². The van der Waals surface area contributed by atoms with E-state index in [1.54, 1.807) is 12.1 Å². The van der Waals surface area contributed by atoms with Crippen LogP contribution < -0.4 is 0 Å². The van der Waals surface area contributed by atoms with E-state index in [9.17, 15) is 13.2 Å². The number of benzene rings is 2. The van der Waals surface area contributed by atoms with Gasteiger partial charge in [0.05, 0.1) is 14.0 Å². The summed E-state index contributed by atoms with van der Waals surface area (Å²) in [4.78, 5) is 7.18. The Balaban J connectivity index is 1.79. The molecule has 0 atom stereocenters. The lowest BCUT2D eigenvalue weighted by molar-refractivity contribution is -0.138. The molecule has 0 N–H and O–H groups in total. The average Bonchev–Trinajstić information content (AvgIpc) is 2.93. The monoisotopic (exact) mass is 500 g/mol. The first-order valence-electron chi connectivity index (χ1n) is 18.4. The van der Waals surface area contributed by atoms with Crippen molar-refractivity contribution in [2.75, 3.05) is 13.1 Å². The summed E-state index contributed by atoms with van der Waals surface area (Å²) in [6.07, 6.45) is -18.0. The van der Waals surface area contributed by atoms with E-state index in [0.717, 1.165) is 30.6 Å². The zero-order valence-corrected chi connectivity index (χ0v) is 19.5. The zero-order valence-electron chi connectivity index (χ0n) is 33.5. The van der Waals surface area contributed by atoms with Gasteiger partial charge in [-0.25, -0.2) is 0 Å². The lowest BCUT2D eigenvalue weighted by atomic mass is 9.78. The minimum atomic E-state index is -5.42. The van der Waals surface area contributed by atoms with Gasteiger partial charge in [-0.3, -0.25) is 4.90 Å². The summed E-state index contributed by atoms with van der Waals surface area (Å²) < 4.78 is 160. The molecular formula is C29H37F3N2O. The molecular weight excluding hydrogens is 449 g/mol. The van der Waals surface area contributed by atoms with Gasteiger partial charge < -0.3 is 4.84 Å². The highest BCUT2D eigenvalue weighted by atomic mass is 19.4. The number of nitrogens with zero attached hydrogens (tertiary/aromatic N) is 2. The number of rotatable bonds is 8. The predicted molar refractivity (Wildman–Crippen MR) is 135 cm³/mol. The van der Waals surface area contributed by atoms with Gasteiger partial charge in [-0.1, -0.05) is 56.0 Å². The Hall–Kier alpha value is -2.34. The molecule has 190 valence electrons. The van der Waals surface area contributed by atoms with Crippen molar-refractivity contribution in [2.24, 2.45) is 11.0 Å². The molecule has 4 rings (SSSR count). The van der Waals surface area contributed by atoms with Crippen molar-refractivity contribution in [3.63, 3.8) is 0 Å². The molecule has 2 aliphatic rings. The molecule has 1 aliphatic heterocycles. The summed E-state index contributed by atoms with van der Waals surface area (Å²) in [6.45, 7) is -1.14. The van der Waals surface area contributed by atoms with Crippen molar-refractivity contribution in [2.45, 2.75) is 84.2 Å². The van der Waals surface area contributed by atoms with E-state index in [2.05, 4.69) is 10.1 Å². The first-order valence-corrected chi connectivity index (χ1v) is 11.4. The van der Waals surface area contributed by atoms with Crippen LogP contribution in [0.5, 0.6) is 0 Å². The van der Waals surface area contributed by atoms with E-state index < -0.39 is 79.3 Å². The van der Waals surface area contributed by atoms with Crippen LogP contribution in [0.3, 0.4) is 0 Å². The van der Waals surface area contributed by atoms with Gasteiger partial charge in [0.1, 0.15) is 6.56 Å². The molecule has 0 amide bonds. The molecule has 1 aliphatic carbocycles. The quantitative estimate of drug-likeness (QED) is 0.274. The van der Waals surface area contributed by atoms with Crippen LogP contribution in [0.15, 0.2) is 41.6 Å². The van der Waals surface area contributed by atoms with Gasteiger partial charge in [0.25, 0.3) is 0 Å². The Morgan fingerprint density at radius 1 is 1.17 bits per heavy atom. The molecule has 1 saturated carbocycles. The fraction of sp³-hybridized carbons (Fsp3) is 0.552. The van der Waals surface area contributed by atoms with Gasteiger partial charge in [0.2, 0.25) is 0 Å². The molecule has 1 heterocycles. The van der Waals surface area contributed by atoms with Gasteiger partial charge in [0, 0.05) is 23.0 Å². The average molecular weight is 501 g/mol. The zero-order chi connectivity index (χ0) is 37.4. The maximum atomic E-state index is 14.6. The molecule has 0 bridgehead atoms.